The van der Waals surface area contributed by atoms with Crippen LogP contribution in [0.15, 0.2) is 30.3 Å². The number of halogens is 2. The third kappa shape index (κ3) is 4.09. The van der Waals surface area contributed by atoms with Gasteiger partial charge in [0.2, 0.25) is 0 Å². The van der Waals surface area contributed by atoms with E-state index < -0.39 is 0 Å². The van der Waals surface area contributed by atoms with Crippen molar-refractivity contribution in [3.63, 3.8) is 0 Å². The lowest BCUT2D eigenvalue weighted by Crippen LogP contribution is -2.13. The summed E-state index contributed by atoms with van der Waals surface area (Å²) < 4.78 is 5.41. The van der Waals surface area contributed by atoms with Crippen molar-refractivity contribution in [2.45, 2.75) is 13.8 Å². The van der Waals surface area contributed by atoms with Gasteiger partial charge >= 0.3 is 0 Å². The lowest BCUT2D eigenvalue weighted by molar-refractivity contribution is 0.102. The van der Waals surface area contributed by atoms with Crippen LogP contribution < -0.4 is 10.1 Å². The molecule has 0 fully saturated rings. The topological polar surface area (TPSA) is 51.2 Å². The zero-order chi connectivity index (χ0) is 15.4. The first-order valence-electron chi connectivity index (χ1n) is 6.37. The Labute approximate surface area is 133 Å². The summed E-state index contributed by atoms with van der Waals surface area (Å²) in [5.74, 6) is 0.469. The number of hydrogen-bond acceptors (Lipinski definition) is 3. The Balaban J connectivity index is 2.19. The average molecular weight is 325 g/mol. The number of nitrogens with one attached hydrogen (secondary N) is 1. The van der Waals surface area contributed by atoms with Gasteiger partial charge in [0, 0.05) is 11.3 Å². The number of carbonyl (C=O) groups excluding carboxylic acids is 1. The van der Waals surface area contributed by atoms with Gasteiger partial charge in [-0.15, -0.1) is 0 Å². The maximum absolute atomic E-state index is 12.2. The van der Waals surface area contributed by atoms with Gasteiger partial charge in [-0.3, -0.25) is 4.79 Å². The molecule has 0 spiro atoms. The van der Waals surface area contributed by atoms with E-state index in [0.29, 0.717) is 17.9 Å². The van der Waals surface area contributed by atoms with Crippen LogP contribution in [0.2, 0.25) is 10.3 Å². The van der Waals surface area contributed by atoms with E-state index in [1.54, 1.807) is 12.1 Å². The number of rotatable bonds is 4. The maximum atomic E-state index is 12.2. The molecule has 1 N–H and O–H groups in total. The molecule has 1 heterocycles. The normalized spacial score (nSPS) is 10.3. The van der Waals surface area contributed by atoms with Gasteiger partial charge in [-0.1, -0.05) is 23.2 Å². The molecular formula is C15H14Cl2N2O2. The molecule has 0 aliphatic carbocycles. The molecule has 0 aliphatic heterocycles. The molecule has 0 saturated heterocycles. The van der Waals surface area contributed by atoms with E-state index in [1.165, 1.54) is 12.1 Å². The summed E-state index contributed by atoms with van der Waals surface area (Å²) in [6.07, 6.45) is 0. The summed E-state index contributed by atoms with van der Waals surface area (Å²) in [7, 11) is 0. The third-order valence-corrected chi connectivity index (χ3v) is 3.17. The Bertz CT molecular complexity index is 654. The van der Waals surface area contributed by atoms with Crippen molar-refractivity contribution in [3.8, 4) is 5.75 Å². The molecule has 0 unspecified atom stereocenters. The zero-order valence-electron chi connectivity index (χ0n) is 11.6. The molecule has 1 aromatic carbocycles. The molecule has 0 bridgehead atoms. The van der Waals surface area contributed by atoms with Crippen molar-refractivity contribution < 1.29 is 9.53 Å². The second-order valence-electron chi connectivity index (χ2n) is 4.37. The first-order chi connectivity index (χ1) is 9.99. The van der Waals surface area contributed by atoms with Gasteiger partial charge in [-0.25, -0.2) is 4.98 Å². The molecule has 0 saturated carbocycles. The number of aromatic nitrogens is 1. The monoisotopic (exact) mass is 324 g/mol. The largest absolute Gasteiger partial charge is 0.494 e. The van der Waals surface area contributed by atoms with Crippen LogP contribution in [0.25, 0.3) is 0 Å². The lowest BCUT2D eigenvalue weighted by Gasteiger charge is -2.11. The Kier molecular flexibility index (Phi) is 5.04. The second-order valence-corrected chi connectivity index (χ2v) is 5.14. The van der Waals surface area contributed by atoms with Crippen LogP contribution in [0, 0.1) is 6.92 Å². The van der Waals surface area contributed by atoms with Crippen LogP contribution >= 0.6 is 23.2 Å². The van der Waals surface area contributed by atoms with Gasteiger partial charge in [0.15, 0.2) is 0 Å². The average Bonchev–Trinajstić information content (AvgIpc) is 2.41. The number of ether oxygens (including phenoxy) is 1. The molecule has 0 aliphatic rings. The third-order valence-electron chi connectivity index (χ3n) is 2.78. The molecule has 0 atom stereocenters. The molecule has 2 rings (SSSR count). The molecular weight excluding hydrogens is 311 g/mol. The number of benzene rings is 1. The molecule has 1 aromatic heterocycles. The minimum absolute atomic E-state index is 0.177. The van der Waals surface area contributed by atoms with Crippen molar-refractivity contribution in [1.82, 2.24) is 4.98 Å². The summed E-state index contributed by atoms with van der Waals surface area (Å²) in [6.45, 7) is 4.41. The predicted molar refractivity (Wildman–Crippen MR) is 84.6 cm³/mol. The molecule has 0 radical (unpaired) electrons. The van der Waals surface area contributed by atoms with E-state index in [1.807, 2.05) is 19.9 Å². The van der Waals surface area contributed by atoms with E-state index in [4.69, 9.17) is 27.9 Å². The van der Waals surface area contributed by atoms with Crippen molar-refractivity contribution in [2.24, 2.45) is 0 Å². The molecule has 4 nitrogen and oxygen atoms in total. The van der Waals surface area contributed by atoms with Crippen molar-refractivity contribution in [2.75, 3.05) is 11.9 Å². The fourth-order valence-electron chi connectivity index (χ4n) is 1.82. The van der Waals surface area contributed by atoms with Gasteiger partial charge in [0.25, 0.3) is 5.91 Å². The van der Waals surface area contributed by atoms with Crippen LogP contribution in [0.4, 0.5) is 5.69 Å². The Morgan fingerprint density at radius 3 is 2.48 bits per heavy atom. The minimum atomic E-state index is -0.298. The number of pyridine rings is 1. The van der Waals surface area contributed by atoms with Crippen LogP contribution in [0.1, 0.15) is 22.8 Å². The van der Waals surface area contributed by atoms with E-state index in [-0.39, 0.29) is 16.2 Å². The molecule has 6 heteroatoms. The van der Waals surface area contributed by atoms with Crippen molar-refractivity contribution in [3.05, 3.63) is 51.8 Å². The minimum Gasteiger partial charge on any atom is -0.494 e. The van der Waals surface area contributed by atoms with Gasteiger partial charge < -0.3 is 10.1 Å². The van der Waals surface area contributed by atoms with Crippen LogP contribution in [-0.4, -0.2) is 17.5 Å². The summed E-state index contributed by atoms with van der Waals surface area (Å²) in [4.78, 5) is 16.0. The first kappa shape index (κ1) is 15.6. The quantitative estimate of drug-likeness (QED) is 0.851. The van der Waals surface area contributed by atoms with E-state index in [9.17, 15) is 4.79 Å². The molecule has 2 aromatic rings. The van der Waals surface area contributed by atoms with Crippen LogP contribution in [0.3, 0.4) is 0 Å². The highest BCUT2D eigenvalue weighted by Crippen LogP contribution is 2.23. The van der Waals surface area contributed by atoms with Gasteiger partial charge in [0.05, 0.1) is 6.61 Å². The van der Waals surface area contributed by atoms with Gasteiger partial charge in [-0.2, -0.15) is 0 Å². The number of nitrogens with zero attached hydrogens (tertiary/aromatic N) is 1. The fraction of sp³-hybridized carbons (Fsp3) is 0.200. The smallest absolute Gasteiger partial charge is 0.255 e. The SMILES string of the molecule is CCOc1ccc(NC(=O)c2cc(Cl)nc(Cl)c2)c(C)c1. The molecule has 110 valence electrons. The van der Waals surface area contributed by atoms with Crippen molar-refractivity contribution >= 4 is 34.8 Å². The standard InChI is InChI=1S/C15H14Cl2N2O2/c1-3-21-11-4-5-12(9(2)6-11)18-15(20)10-7-13(16)19-14(17)8-10/h4-8H,3H2,1-2H3,(H,18,20). The highest BCUT2D eigenvalue weighted by atomic mass is 35.5. The number of amides is 1. The van der Waals surface area contributed by atoms with Gasteiger partial charge in [0.1, 0.15) is 16.1 Å². The fourth-order valence-corrected chi connectivity index (χ4v) is 2.28. The Morgan fingerprint density at radius 1 is 1.24 bits per heavy atom. The number of anilines is 1. The number of aryl methyl sites for hydroxylation is 1. The molecule has 21 heavy (non-hydrogen) atoms. The Hall–Kier alpha value is -1.78. The summed E-state index contributed by atoms with van der Waals surface area (Å²) in [5.41, 5.74) is 1.96. The Morgan fingerprint density at radius 2 is 1.90 bits per heavy atom. The van der Waals surface area contributed by atoms with E-state index >= 15 is 0 Å². The van der Waals surface area contributed by atoms with E-state index in [2.05, 4.69) is 10.3 Å². The van der Waals surface area contributed by atoms with Crippen LogP contribution in [-0.2, 0) is 0 Å². The van der Waals surface area contributed by atoms with Crippen LogP contribution in [0.5, 0.6) is 5.75 Å². The summed E-state index contributed by atoms with van der Waals surface area (Å²) >= 11 is 11.6. The first-order valence-corrected chi connectivity index (χ1v) is 7.13. The van der Waals surface area contributed by atoms with E-state index in [0.717, 1.165) is 11.3 Å². The molecule has 1 amide bonds. The lowest BCUT2D eigenvalue weighted by atomic mass is 10.1. The highest BCUT2D eigenvalue weighted by molar-refractivity contribution is 6.33. The summed E-state index contributed by atoms with van der Waals surface area (Å²) in [6, 6.07) is 8.40. The number of carbonyl (C=O) groups is 1. The second kappa shape index (κ2) is 6.78. The van der Waals surface area contributed by atoms with Gasteiger partial charge in [-0.05, 0) is 49.7 Å². The van der Waals surface area contributed by atoms with Crippen molar-refractivity contribution in [1.29, 1.82) is 0 Å². The highest BCUT2D eigenvalue weighted by Gasteiger charge is 2.10. The summed E-state index contributed by atoms with van der Waals surface area (Å²) in [5, 5.41) is 3.16. The maximum Gasteiger partial charge on any atom is 0.255 e. The number of hydrogen-bond donors (Lipinski definition) is 1. The zero-order valence-corrected chi connectivity index (χ0v) is 13.1. The predicted octanol–water partition coefficient (Wildman–Crippen LogP) is 4.35.